The fraction of sp³-hybridized carbons (Fsp3) is 0.143. The van der Waals surface area contributed by atoms with Gasteiger partial charge in [-0.2, -0.15) is 0 Å². The zero-order valence-electron chi connectivity index (χ0n) is 18.7. The van der Waals surface area contributed by atoms with Crippen LogP contribution < -0.4 is 0 Å². The van der Waals surface area contributed by atoms with Crippen molar-refractivity contribution in [2.24, 2.45) is 0 Å². The summed E-state index contributed by atoms with van der Waals surface area (Å²) in [5.41, 5.74) is 6.84. The molecule has 0 aliphatic rings. The van der Waals surface area contributed by atoms with Gasteiger partial charge in [0.15, 0.2) is 0 Å². The number of hydrogen-bond donors (Lipinski definition) is 4. The third-order valence-electron chi connectivity index (χ3n) is 5.93. The van der Waals surface area contributed by atoms with E-state index < -0.39 is 0 Å². The first-order chi connectivity index (χ1) is 15.2. The molecule has 0 saturated heterocycles. The van der Waals surface area contributed by atoms with Gasteiger partial charge in [0.05, 0.1) is 0 Å². The van der Waals surface area contributed by atoms with Crippen LogP contribution in [0.25, 0.3) is 22.3 Å². The SMILES string of the molecule is Cc1c(C)c(C)c(-c2ccccc2O)c(O)c1C.Oc1ccccc1-c1ccccc1O. The Morgan fingerprint density at radius 3 is 1.16 bits per heavy atom. The van der Waals surface area contributed by atoms with E-state index in [0.29, 0.717) is 16.7 Å². The van der Waals surface area contributed by atoms with Crippen molar-refractivity contribution >= 4 is 0 Å². The van der Waals surface area contributed by atoms with E-state index in [1.807, 2.05) is 52.0 Å². The van der Waals surface area contributed by atoms with Crippen LogP contribution in [0.1, 0.15) is 22.3 Å². The fourth-order valence-electron chi connectivity index (χ4n) is 3.71. The number of rotatable bonds is 2. The smallest absolute Gasteiger partial charge is 0.126 e. The van der Waals surface area contributed by atoms with Gasteiger partial charge in [0.2, 0.25) is 0 Å². The molecular weight excluding hydrogens is 400 g/mol. The largest absolute Gasteiger partial charge is 0.507 e. The molecule has 0 unspecified atom stereocenters. The van der Waals surface area contributed by atoms with Crippen molar-refractivity contribution in [2.45, 2.75) is 27.7 Å². The van der Waals surface area contributed by atoms with Gasteiger partial charge < -0.3 is 20.4 Å². The summed E-state index contributed by atoms with van der Waals surface area (Å²) in [6, 6.07) is 21.0. The van der Waals surface area contributed by atoms with Gasteiger partial charge in [-0.3, -0.25) is 0 Å². The molecule has 0 amide bonds. The normalized spacial score (nSPS) is 10.4. The third-order valence-corrected chi connectivity index (χ3v) is 5.93. The number of hydrogen-bond acceptors (Lipinski definition) is 4. The number of aromatic hydroxyl groups is 4. The van der Waals surface area contributed by atoms with Crippen LogP contribution in [-0.2, 0) is 0 Å². The molecule has 0 radical (unpaired) electrons. The van der Waals surface area contributed by atoms with E-state index in [1.165, 1.54) is 0 Å². The lowest BCUT2D eigenvalue weighted by atomic mass is 9.89. The first kappa shape index (κ1) is 22.8. The summed E-state index contributed by atoms with van der Waals surface area (Å²) in [6.45, 7) is 7.93. The topological polar surface area (TPSA) is 80.9 Å². The lowest BCUT2D eigenvalue weighted by Gasteiger charge is -2.18. The first-order valence-electron chi connectivity index (χ1n) is 10.4. The van der Waals surface area contributed by atoms with Gasteiger partial charge in [0.1, 0.15) is 23.0 Å². The lowest BCUT2D eigenvalue weighted by molar-refractivity contribution is 0.466. The summed E-state index contributed by atoms with van der Waals surface area (Å²) in [7, 11) is 0. The van der Waals surface area contributed by atoms with Gasteiger partial charge in [-0.25, -0.2) is 0 Å². The summed E-state index contributed by atoms with van der Waals surface area (Å²) in [4.78, 5) is 0. The lowest BCUT2D eigenvalue weighted by Crippen LogP contribution is -1.96. The van der Waals surface area contributed by atoms with Gasteiger partial charge in [-0.1, -0.05) is 54.6 Å². The predicted octanol–water partition coefficient (Wildman–Crippen LogP) is 6.76. The highest BCUT2D eigenvalue weighted by Gasteiger charge is 2.17. The quantitative estimate of drug-likeness (QED) is 0.284. The van der Waals surface area contributed by atoms with Crippen LogP contribution in [-0.4, -0.2) is 20.4 Å². The van der Waals surface area contributed by atoms with Crippen molar-refractivity contribution in [3.8, 4) is 45.3 Å². The van der Waals surface area contributed by atoms with Gasteiger partial charge >= 0.3 is 0 Å². The van der Waals surface area contributed by atoms with Crippen molar-refractivity contribution in [1.29, 1.82) is 0 Å². The van der Waals surface area contributed by atoms with E-state index in [1.54, 1.807) is 48.5 Å². The molecule has 4 heteroatoms. The molecule has 0 aliphatic heterocycles. The van der Waals surface area contributed by atoms with Crippen LogP contribution in [0.2, 0.25) is 0 Å². The molecule has 4 N–H and O–H groups in total. The molecule has 0 bridgehead atoms. The van der Waals surface area contributed by atoms with E-state index in [9.17, 15) is 20.4 Å². The summed E-state index contributed by atoms with van der Waals surface area (Å²) < 4.78 is 0. The third kappa shape index (κ3) is 4.40. The van der Waals surface area contributed by atoms with Crippen molar-refractivity contribution in [3.63, 3.8) is 0 Å². The number of phenolic OH excluding ortho intramolecular Hbond substituents is 4. The zero-order valence-corrected chi connectivity index (χ0v) is 18.7. The van der Waals surface area contributed by atoms with Crippen molar-refractivity contribution in [3.05, 3.63) is 95.1 Å². The van der Waals surface area contributed by atoms with Crippen molar-refractivity contribution < 1.29 is 20.4 Å². The Morgan fingerprint density at radius 1 is 0.406 bits per heavy atom. The molecule has 4 nitrogen and oxygen atoms in total. The molecule has 0 saturated carbocycles. The number of benzene rings is 4. The van der Waals surface area contributed by atoms with E-state index in [2.05, 4.69) is 0 Å². The Bertz CT molecular complexity index is 1190. The molecular formula is C28H28O4. The van der Waals surface area contributed by atoms with E-state index in [0.717, 1.165) is 27.8 Å². The molecule has 164 valence electrons. The molecule has 4 rings (SSSR count). The van der Waals surface area contributed by atoms with Crippen molar-refractivity contribution in [2.75, 3.05) is 0 Å². The van der Waals surface area contributed by atoms with E-state index in [-0.39, 0.29) is 23.0 Å². The Kier molecular flexibility index (Phi) is 6.74. The van der Waals surface area contributed by atoms with E-state index in [4.69, 9.17) is 0 Å². The minimum atomic E-state index is 0.175. The minimum absolute atomic E-state index is 0.175. The second-order valence-electron chi connectivity index (χ2n) is 7.78. The zero-order chi connectivity index (χ0) is 23.4. The van der Waals surface area contributed by atoms with Crippen LogP contribution >= 0.6 is 0 Å². The van der Waals surface area contributed by atoms with Gasteiger partial charge in [-0.05, 0) is 68.1 Å². The highest BCUT2D eigenvalue weighted by molar-refractivity contribution is 5.81. The monoisotopic (exact) mass is 428 g/mol. The molecule has 4 aromatic rings. The Balaban J connectivity index is 0.000000186. The van der Waals surface area contributed by atoms with Crippen LogP contribution in [0.5, 0.6) is 23.0 Å². The maximum atomic E-state index is 10.4. The highest BCUT2D eigenvalue weighted by Crippen LogP contribution is 2.42. The molecule has 0 aliphatic carbocycles. The summed E-state index contributed by atoms with van der Waals surface area (Å²) >= 11 is 0. The molecule has 0 spiro atoms. The van der Waals surface area contributed by atoms with Gasteiger partial charge in [-0.15, -0.1) is 0 Å². The van der Waals surface area contributed by atoms with Gasteiger partial charge in [0, 0.05) is 22.3 Å². The summed E-state index contributed by atoms with van der Waals surface area (Å²) in [5.74, 6) is 0.804. The molecule has 0 aromatic heterocycles. The molecule has 32 heavy (non-hydrogen) atoms. The van der Waals surface area contributed by atoms with Crippen LogP contribution in [0.4, 0.5) is 0 Å². The summed E-state index contributed by atoms with van der Waals surface area (Å²) in [5, 5.41) is 39.5. The van der Waals surface area contributed by atoms with Gasteiger partial charge in [0.25, 0.3) is 0 Å². The maximum absolute atomic E-state index is 10.4. The molecule has 4 aromatic carbocycles. The average Bonchev–Trinajstić information content (AvgIpc) is 2.79. The second-order valence-corrected chi connectivity index (χ2v) is 7.78. The van der Waals surface area contributed by atoms with E-state index >= 15 is 0 Å². The van der Waals surface area contributed by atoms with Crippen LogP contribution in [0.15, 0.2) is 72.8 Å². The standard InChI is InChI=1S/C16H18O2.C12H10O2/c1-9-10(2)12(4)16(18)15(11(9)3)13-7-5-6-8-14(13)17;13-11-7-3-1-5-9(11)10-6-2-4-8-12(10)14/h5-8,17-18H,1-4H3;1-8,13-14H. The second kappa shape index (κ2) is 9.48. The Hall–Kier alpha value is -3.92. The predicted molar refractivity (Wildman–Crippen MR) is 129 cm³/mol. The first-order valence-corrected chi connectivity index (χ1v) is 10.4. The van der Waals surface area contributed by atoms with Crippen LogP contribution in [0, 0.1) is 27.7 Å². The maximum Gasteiger partial charge on any atom is 0.126 e. The highest BCUT2D eigenvalue weighted by atomic mass is 16.3. The minimum Gasteiger partial charge on any atom is -0.507 e. The summed E-state index contributed by atoms with van der Waals surface area (Å²) in [6.07, 6.45) is 0. The van der Waals surface area contributed by atoms with Crippen LogP contribution in [0.3, 0.4) is 0 Å². The molecule has 0 heterocycles. The Labute approximate surface area is 188 Å². The number of phenols is 4. The Morgan fingerprint density at radius 2 is 0.750 bits per heavy atom. The average molecular weight is 429 g/mol. The molecule has 0 fully saturated rings. The van der Waals surface area contributed by atoms with Crippen molar-refractivity contribution in [1.82, 2.24) is 0 Å². The number of para-hydroxylation sites is 3. The molecule has 0 atom stereocenters. The fourth-order valence-corrected chi connectivity index (χ4v) is 3.71.